The molecule has 5 nitrogen and oxygen atoms in total. The fourth-order valence-electron chi connectivity index (χ4n) is 4.02. The van der Waals surface area contributed by atoms with Crippen LogP contribution in [0.1, 0.15) is 30.4 Å². The van der Waals surface area contributed by atoms with Crippen molar-refractivity contribution in [3.05, 3.63) is 76.1 Å². The molecule has 4 rings (SSSR count). The first kappa shape index (κ1) is 25.7. The van der Waals surface area contributed by atoms with Gasteiger partial charge in [0.25, 0.3) is 10.0 Å². The molecule has 0 spiro atoms. The van der Waals surface area contributed by atoms with Crippen LogP contribution in [0.4, 0.5) is 13.2 Å². The quantitative estimate of drug-likeness (QED) is 0.322. The van der Waals surface area contributed by atoms with E-state index in [-0.39, 0.29) is 34.5 Å². The minimum Gasteiger partial charge on any atom is -0.457 e. The van der Waals surface area contributed by atoms with Gasteiger partial charge in [0.1, 0.15) is 15.7 Å². The van der Waals surface area contributed by atoms with Crippen LogP contribution in [-0.4, -0.2) is 31.1 Å². The van der Waals surface area contributed by atoms with Gasteiger partial charge in [-0.1, -0.05) is 35.9 Å². The molecule has 0 aliphatic carbocycles. The fraction of sp³-hybridized carbons (Fsp3) is 0.292. The number of para-hydroxylation sites is 1. The Bertz CT molecular complexity index is 1320. The normalized spacial score (nSPS) is 17.0. The number of carbonyl (C=O) groups is 1. The maximum atomic E-state index is 13.2. The van der Waals surface area contributed by atoms with Crippen molar-refractivity contribution in [2.24, 2.45) is 0 Å². The number of Topliss-reactive ketones (excluding diaryl/α,β-unsaturated/α-hetero) is 1. The van der Waals surface area contributed by atoms with Gasteiger partial charge in [-0.15, -0.1) is 11.3 Å². The van der Waals surface area contributed by atoms with E-state index in [1.807, 2.05) is 0 Å². The molecule has 0 saturated carbocycles. The Morgan fingerprint density at radius 1 is 1.11 bits per heavy atom. The van der Waals surface area contributed by atoms with Crippen LogP contribution < -0.4 is 4.74 Å². The van der Waals surface area contributed by atoms with Crippen molar-refractivity contribution in [2.45, 2.75) is 42.1 Å². The third kappa shape index (κ3) is 5.88. The van der Waals surface area contributed by atoms with E-state index in [0.717, 1.165) is 17.4 Å². The third-order valence-electron chi connectivity index (χ3n) is 5.67. The maximum absolute atomic E-state index is 13.2. The van der Waals surface area contributed by atoms with Gasteiger partial charge in [0.2, 0.25) is 0 Å². The van der Waals surface area contributed by atoms with Crippen LogP contribution >= 0.6 is 22.9 Å². The van der Waals surface area contributed by atoms with Gasteiger partial charge in [-0.05, 0) is 61.2 Å². The largest absolute Gasteiger partial charge is 0.457 e. The van der Waals surface area contributed by atoms with Crippen LogP contribution in [0.25, 0.3) is 0 Å². The lowest BCUT2D eigenvalue weighted by molar-refractivity contribution is -0.138. The van der Waals surface area contributed by atoms with Gasteiger partial charge in [-0.3, -0.25) is 4.79 Å². The van der Waals surface area contributed by atoms with E-state index < -0.39 is 27.8 Å². The van der Waals surface area contributed by atoms with E-state index in [9.17, 15) is 26.4 Å². The predicted octanol–water partition coefficient (Wildman–Crippen LogP) is 6.57. The summed E-state index contributed by atoms with van der Waals surface area (Å²) in [6, 6.07) is 13.6. The van der Waals surface area contributed by atoms with Gasteiger partial charge in [0.15, 0.2) is 5.78 Å². The summed E-state index contributed by atoms with van der Waals surface area (Å²) < 4.78 is 72.9. The van der Waals surface area contributed by atoms with E-state index in [1.165, 1.54) is 40.7 Å². The Hall–Kier alpha value is -2.40. The van der Waals surface area contributed by atoms with Gasteiger partial charge >= 0.3 is 6.18 Å². The SMILES string of the molecule is O=C(CCc1cccc(Oc2ccccc2C(F)(F)F)c1)[C@@H]1CCCN1S(=O)(=O)c1ccc(Cl)s1. The first-order valence-electron chi connectivity index (χ1n) is 10.8. The lowest BCUT2D eigenvalue weighted by atomic mass is 10.0. The molecule has 0 unspecified atom stereocenters. The summed E-state index contributed by atoms with van der Waals surface area (Å²) in [6.45, 7) is 0.260. The van der Waals surface area contributed by atoms with Crippen LogP contribution in [0.3, 0.4) is 0 Å². The first-order chi connectivity index (χ1) is 16.6. The standard InChI is InChI=1S/C24H21ClF3NO4S2/c25-22-12-13-23(34-22)35(31,32)29-14-4-8-19(29)20(30)11-10-16-5-3-6-17(15-16)33-21-9-2-1-7-18(21)24(26,27)28/h1-3,5-7,9,12-13,15,19H,4,8,10-11,14H2/t19-/m0/s1. The number of nitrogens with zero attached hydrogens (tertiary/aromatic N) is 1. The molecule has 1 aromatic heterocycles. The second kappa shape index (κ2) is 10.3. The summed E-state index contributed by atoms with van der Waals surface area (Å²) in [7, 11) is -3.82. The number of alkyl halides is 3. The molecule has 0 radical (unpaired) electrons. The summed E-state index contributed by atoms with van der Waals surface area (Å²) >= 11 is 6.84. The smallest absolute Gasteiger partial charge is 0.419 e. The number of hydrogen-bond acceptors (Lipinski definition) is 5. The van der Waals surface area contributed by atoms with E-state index in [4.69, 9.17) is 16.3 Å². The molecule has 11 heteroatoms. The number of ether oxygens (including phenoxy) is 1. The highest BCUT2D eigenvalue weighted by atomic mass is 35.5. The van der Waals surface area contributed by atoms with Crippen LogP contribution in [0.5, 0.6) is 11.5 Å². The molecule has 2 aromatic carbocycles. The van der Waals surface area contributed by atoms with Crippen molar-refractivity contribution in [2.75, 3.05) is 6.54 Å². The van der Waals surface area contributed by atoms with E-state index >= 15 is 0 Å². The number of carbonyl (C=O) groups excluding carboxylic acids is 1. The number of ketones is 1. The number of sulfonamides is 1. The zero-order valence-corrected chi connectivity index (χ0v) is 20.7. The summed E-state index contributed by atoms with van der Waals surface area (Å²) in [6.07, 6.45) is -3.15. The van der Waals surface area contributed by atoms with Crippen LogP contribution in [-0.2, 0) is 27.4 Å². The molecular formula is C24H21ClF3NO4S2. The number of aryl methyl sites for hydroxylation is 1. The monoisotopic (exact) mass is 543 g/mol. The number of benzene rings is 2. The zero-order chi connectivity index (χ0) is 25.2. The van der Waals surface area contributed by atoms with Crippen LogP contribution in [0.2, 0.25) is 4.34 Å². The minimum absolute atomic E-state index is 0.0878. The molecule has 35 heavy (non-hydrogen) atoms. The molecule has 1 atom stereocenters. The molecule has 1 aliphatic rings. The molecule has 0 amide bonds. The third-order valence-corrected chi connectivity index (χ3v) is 9.27. The molecule has 2 heterocycles. The van der Waals surface area contributed by atoms with Gasteiger partial charge in [0, 0.05) is 13.0 Å². The van der Waals surface area contributed by atoms with Gasteiger partial charge in [-0.2, -0.15) is 17.5 Å². The number of halogens is 4. The lowest BCUT2D eigenvalue weighted by Crippen LogP contribution is -2.40. The molecule has 1 aliphatic heterocycles. The fourth-order valence-corrected chi connectivity index (χ4v) is 7.31. The second-order valence-corrected chi connectivity index (χ2v) is 11.9. The van der Waals surface area contributed by atoms with Crippen LogP contribution in [0, 0.1) is 0 Å². The van der Waals surface area contributed by atoms with Gasteiger partial charge in [0.05, 0.1) is 15.9 Å². The number of rotatable bonds is 8. The van der Waals surface area contributed by atoms with E-state index in [0.29, 0.717) is 29.2 Å². The predicted molar refractivity (Wildman–Crippen MR) is 128 cm³/mol. The van der Waals surface area contributed by atoms with Crippen LogP contribution in [0.15, 0.2) is 64.9 Å². The Kier molecular flexibility index (Phi) is 7.56. The molecule has 186 valence electrons. The molecule has 3 aromatic rings. The Morgan fingerprint density at radius 3 is 2.60 bits per heavy atom. The average Bonchev–Trinajstić information content (AvgIpc) is 3.48. The van der Waals surface area contributed by atoms with Gasteiger partial charge < -0.3 is 4.74 Å². The molecule has 1 fully saturated rings. The van der Waals surface area contributed by atoms with Crippen molar-refractivity contribution in [1.29, 1.82) is 0 Å². The highest BCUT2D eigenvalue weighted by Crippen LogP contribution is 2.38. The van der Waals surface area contributed by atoms with Gasteiger partial charge in [-0.25, -0.2) is 8.42 Å². The topological polar surface area (TPSA) is 63.7 Å². The van der Waals surface area contributed by atoms with Crippen molar-refractivity contribution < 1.29 is 31.1 Å². The summed E-state index contributed by atoms with van der Waals surface area (Å²) in [5, 5.41) is 0. The molecule has 1 saturated heterocycles. The number of thiophene rings is 1. The molecular weight excluding hydrogens is 523 g/mol. The molecule has 0 N–H and O–H groups in total. The van der Waals surface area contributed by atoms with E-state index in [1.54, 1.807) is 18.2 Å². The lowest BCUT2D eigenvalue weighted by Gasteiger charge is -2.22. The second-order valence-electron chi connectivity index (χ2n) is 8.04. The minimum atomic E-state index is -4.55. The Labute approximate surface area is 210 Å². The number of hydrogen-bond donors (Lipinski definition) is 0. The maximum Gasteiger partial charge on any atom is 0.419 e. The zero-order valence-electron chi connectivity index (χ0n) is 18.3. The molecule has 0 bridgehead atoms. The highest BCUT2D eigenvalue weighted by Gasteiger charge is 2.39. The van der Waals surface area contributed by atoms with E-state index in [2.05, 4.69) is 0 Å². The summed E-state index contributed by atoms with van der Waals surface area (Å²) in [5.74, 6) is -0.303. The summed E-state index contributed by atoms with van der Waals surface area (Å²) in [4.78, 5) is 13.0. The van der Waals surface area contributed by atoms with Crippen molar-refractivity contribution in [3.8, 4) is 11.5 Å². The van der Waals surface area contributed by atoms with Crippen molar-refractivity contribution >= 4 is 38.7 Å². The highest BCUT2D eigenvalue weighted by molar-refractivity contribution is 7.91. The Morgan fingerprint density at radius 2 is 1.89 bits per heavy atom. The summed E-state index contributed by atoms with van der Waals surface area (Å²) in [5.41, 5.74) is -0.187. The average molecular weight is 544 g/mol. The Balaban J connectivity index is 1.43. The van der Waals surface area contributed by atoms with Crippen molar-refractivity contribution in [3.63, 3.8) is 0 Å². The first-order valence-corrected chi connectivity index (χ1v) is 13.4. The van der Waals surface area contributed by atoms with Crippen molar-refractivity contribution in [1.82, 2.24) is 4.31 Å².